The van der Waals surface area contributed by atoms with Crippen molar-refractivity contribution in [2.75, 3.05) is 52.9 Å². The number of aryl methyl sites for hydroxylation is 1. The van der Waals surface area contributed by atoms with Crippen molar-refractivity contribution >= 4 is 0 Å². The molecule has 5 aromatic carbocycles. The van der Waals surface area contributed by atoms with Gasteiger partial charge in [-0.3, -0.25) is 0 Å². The number of hydrogen-bond acceptors (Lipinski definition) is 4. The lowest BCUT2D eigenvalue weighted by Gasteiger charge is -2.37. The normalized spacial score (nSPS) is 17.3. The largest absolute Gasteiger partial charge is 0.381 e. The molecule has 380 valence electrons. The van der Waals surface area contributed by atoms with Crippen molar-refractivity contribution in [3.63, 3.8) is 0 Å². The first-order valence-corrected chi connectivity index (χ1v) is 28.6. The summed E-state index contributed by atoms with van der Waals surface area (Å²) in [5.41, 5.74) is 19.3. The van der Waals surface area contributed by atoms with Crippen LogP contribution in [0.2, 0.25) is 0 Å². The minimum absolute atomic E-state index is 0.00439. The summed E-state index contributed by atoms with van der Waals surface area (Å²) in [5.74, 6) is 0. The van der Waals surface area contributed by atoms with Crippen molar-refractivity contribution in [3.05, 3.63) is 131 Å². The van der Waals surface area contributed by atoms with Gasteiger partial charge in [0.25, 0.3) is 0 Å². The summed E-state index contributed by atoms with van der Waals surface area (Å²) >= 11 is 0. The SMILES string of the molecule is CCCCCCC1(CCCCCC)c2cc(-c3ccccc3)ccc2-c2ccc(-c3ccc4c(c3)C(CCCCCCOCC3(C)COC3)(CCCCCCOCC3(C)COC3)c3cc(C)ccc3-4)cc21. The molecular weight excluding hydrogens is 869 g/mol. The van der Waals surface area contributed by atoms with E-state index in [1.54, 1.807) is 22.3 Å². The highest BCUT2D eigenvalue weighted by molar-refractivity contribution is 5.88. The highest BCUT2D eigenvalue weighted by Gasteiger charge is 2.45. The molecule has 0 bridgehead atoms. The molecule has 4 aliphatic rings. The molecule has 0 atom stereocenters. The maximum absolute atomic E-state index is 6.17. The molecule has 2 heterocycles. The summed E-state index contributed by atoms with van der Waals surface area (Å²) < 4.78 is 23.3. The van der Waals surface area contributed by atoms with Crippen LogP contribution >= 0.6 is 0 Å². The molecule has 0 amide bonds. The predicted molar refractivity (Wildman–Crippen MR) is 298 cm³/mol. The van der Waals surface area contributed by atoms with E-state index >= 15 is 0 Å². The highest BCUT2D eigenvalue weighted by atomic mass is 16.5. The van der Waals surface area contributed by atoms with Crippen LogP contribution in [0.5, 0.6) is 0 Å². The molecule has 0 unspecified atom stereocenters. The molecule has 2 fully saturated rings. The standard InChI is InChI=1S/C67H88O4/c1-6-8-10-19-35-67(36-20-11-9-7-2)61-42-53(52-25-17-16-18-26-52)28-32-58(61)59-34-30-55(44-63(59)67)54-29-33-57-56-31-27-51(3)41-60(56)66(62(57)43-54,37-21-12-14-23-39-68-45-64(4)47-70-48-64)38-22-13-15-24-40-69-46-65(5)49-71-50-65/h16-18,25-34,41-44H,6-15,19-24,35-40,45-50H2,1-5H3. The second kappa shape index (κ2) is 23.9. The molecule has 9 rings (SSSR count). The Morgan fingerprint density at radius 3 is 1.15 bits per heavy atom. The smallest absolute Gasteiger partial charge is 0.0564 e. The fourth-order valence-corrected chi connectivity index (χ4v) is 13.0. The van der Waals surface area contributed by atoms with Gasteiger partial charge in [-0.2, -0.15) is 0 Å². The Labute approximate surface area is 430 Å². The average Bonchev–Trinajstić information content (AvgIpc) is 3.79. The van der Waals surface area contributed by atoms with Gasteiger partial charge in [0.05, 0.1) is 39.6 Å². The van der Waals surface area contributed by atoms with E-state index in [9.17, 15) is 0 Å². The van der Waals surface area contributed by atoms with E-state index < -0.39 is 0 Å². The first kappa shape index (κ1) is 51.8. The van der Waals surface area contributed by atoms with Crippen LogP contribution in [0.25, 0.3) is 44.5 Å². The van der Waals surface area contributed by atoms with E-state index in [0.717, 1.165) is 65.7 Å². The summed E-state index contributed by atoms with van der Waals surface area (Å²) in [6.07, 6.45) is 24.7. The summed E-state index contributed by atoms with van der Waals surface area (Å²) in [7, 11) is 0. The molecule has 71 heavy (non-hydrogen) atoms. The fourth-order valence-electron chi connectivity index (χ4n) is 13.0. The number of hydrogen-bond donors (Lipinski definition) is 0. The van der Waals surface area contributed by atoms with Crippen molar-refractivity contribution in [1.29, 1.82) is 0 Å². The Bertz CT molecular complexity index is 2440. The second-order valence-electron chi connectivity index (χ2n) is 23.5. The van der Waals surface area contributed by atoms with Gasteiger partial charge in [0.1, 0.15) is 0 Å². The third-order valence-electron chi connectivity index (χ3n) is 17.2. The second-order valence-corrected chi connectivity index (χ2v) is 23.5. The van der Waals surface area contributed by atoms with Crippen LogP contribution in [0.1, 0.15) is 184 Å². The Hall–Kier alpha value is -4.06. The van der Waals surface area contributed by atoms with Gasteiger partial charge in [-0.1, -0.05) is 208 Å². The fraction of sp³-hybridized carbons (Fsp3) is 0.552. The molecule has 5 aromatic rings. The maximum Gasteiger partial charge on any atom is 0.0564 e. The molecule has 4 heteroatoms. The van der Waals surface area contributed by atoms with Gasteiger partial charge in [-0.25, -0.2) is 0 Å². The third kappa shape index (κ3) is 11.7. The van der Waals surface area contributed by atoms with Gasteiger partial charge in [0, 0.05) is 34.9 Å². The van der Waals surface area contributed by atoms with Gasteiger partial charge in [0.15, 0.2) is 0 Å². The van der Waals surface area contributed by atoms with Crippen molar-refractivity contribution in [2.24, 2.45) is 10.8 Å². The molecule has 0 aromatic heterocycles. The van der Waals surface area contributed by atoms with Crippen LogP contribution in [-0.2, 0) is 29.8 Å². The van der Waals surface area contributed by atoms with Gasteiger partial charge in [-0.15, -0.1) is 0 Å². The number of benzene rings is 5. The first-order chi connectivity index (χ1) is 34.7. The van der Waals surface area contributed by atoms with E-state index in [4.69, 9.17) is 18.9 Å². The molecule has 0 spiro atoms. The molecule has 0 radical (unpaired) electrons. The van der Waals surface area contributed by atoms with E-state index in [1.165, 1.54) is 166 Å². The van der Waals surface area contributed by atoms with E-state index in [2.05, 4.69) is 138 Å². The molecule has 4 nitrogen and oxygen atoms in total. The van der Waals surface area contributed by atoms with Crippen molar-refractivity contribution in [2.45, 2.75) is 174 Å². The lowest BCUT2D eigenvalue weighted by molar-refractivity contribution is -0.137. The Balaban J connectivity index is 1.03. The van der Waals surface area contributed by atoms with E-state index in [1.807, 2.05) is 0 Å². The highest BCUT2D eigenvalue weighted by Crippen LogP contribution is 2.58. The molecule has 2 aliphatic heterocycles. The lowest BCUT2D eigenvalue weighted by atomic mass is 9.69. The Morgan fingerprint density at radius 2 is 0.761 bits per heavy atom. The van der Waals surface area contributed by atoms with Gasteiger partial charge >= 0.3 is 0 Å². The van der Waals surface area contributed by atoms with Crippen LogP contribution in [0, 0.1) is 17.8 Å². The third-order valence-corrected chi connectivity index (χ3v) is 17.2. The van der Waals surface area contributed by atoms with Crippen LogP contribution in [0.3, 0.4) is 0 Å². The van der Waals surface area contributed by atoms with Gasteiger partial charge in [-0.05, 0) is 130 Å². The topological polar surface area (TPSA) is 36.9 Å². The lowest BCUT2D eigenvalue weighted by Crippen LogP contribution is -2.43. The summed E-state index contributed by atoms with van der Waals surface area (Å²) in [6.45, 7) is 18.2. The van der Waals surface area contributed by atoms with Crippen LogP contribution in [0.15, 0.2) is 103 Å². The van der Waals surface area contributed by atoms with E-state index in [0.29, 0.717) is 0 Å². The molecule has 2 saturated heterocycles. The number of fused-ring (bicyclic) bond motifs is 6. The van der Waals surface area contributed by atoms with E-state index in [-0.39, 0.29) is 21.7 Å². The van der Waals surface area contributed by atoms with Crippen molar-refractivity contribution in [1.82, 2.24) is 0 Å². The summed E-state index contributed by atoms with van der Waals surface area (Å²) in [4.78, 5) is 0. The number of unbranched alkanes of at least 4 members (excludes halogenated alkanes) is 12. The minimum Gasteiger partial charge on any atom is -0.381 e. The van der Waals surface area contributed by atoms with Gasteiger partial charge < -0.3 is 18.9 Å². The predicted octanol–water partition coefficient (Wildman–Crippen LogP) is 17.8. The Kier molecular flexibility index (Phi) is 17.4. The maximum atomic E-state index is 6.17. The van der Waals surface area contributed by atoms with Gasteiger partial charge in [0.2, 0.25) is 0 Å². The quantitative estimate of drug-likeness (QED) is 0.0430. The average molecular weight is 957 g/mol. The molecular formula is C67H88O4. The van der Waals surface area contributed by atoms with Crippen LogP contribution < -0.4 is 0 Å². The number of rotatable bonds is 30. The summed E-state index contributed by atoms with van der Waals surface area (Å²) in [6, 6.07) is 41.2. The minimum atomic E-state index is -0.0134. The summed E-state index contributed by atoms with van der Waals surface area (Å²) in [5, 5.41) is 0. The zero-order valence-electron chi connectivity index (χ0n) is 44.7. The van der Waals surface area contributed by atoms with Crippen LogP contribution in [0.4, 0.5) is 0 Å². The van der Waals surface area contributed by atoms with Crippen molar-refractivity contribution in [3.8, 4) is 44.5 Å². The number of ether oxygens (including phenoxy) is 4. The molecule has 2 aliphatic carbocycles. The van der Waals surface area contributed by atoms with Crippen LogP contribution in [-0.4, -0.2) is 52.9 Å². The monoisotopic (exact) mass is 957 g/mol. The zero-order valence-corrected chi connectivity index (χ0v) is 44.7. The van der Waals surface area contributed by atoms with Crippen molar-refractivity contribution < 1.29 is 18.9 Å². The Morgan fingerprint density at radius 1 is 0.394 bits per heavy atom. The molecule has 0 saturated carbocycles. The first-order valence-electron chi connectivity index (χ1n) is 28.6. The zero-order chi connectivity index (χ0) is 49.2. The molecule has 0 N–H and O–H groups in total.